The smallest absolute Gasteiger partial charge is 0.0777 e. The van der Waals surface area contributed by atoms with Crippen LogP contribution in [-0.4, -0.2) is 14.6 Å². The highest BCUT2D eigenvalue weighted by molar-refractivity contribution is 5.82. The summed E-state index contributed by atoms with van der Waals surface area (Å²) in [4.78, 5) is 8.41. The third-order valence-electron chi connectivity index (χ3n) is 3.54. The normalized spacial score (nSPS) is 10.6. The van der Waals surface area contributed by atoms with Crippen LogP contribution in [0.3, 0.4) is 0 Å². The van der Waals surface area contributed by atoms with Gasteiger partial charge in [0.15, 0.2) is 0 Å². The average molecular weight is 387 g/mol. The van der Waals surface area contributed by atoms with Gasteiger partial charge in [-0.2, -0.15) is 14.0 Å². The number of benzene rings is 2. The topological polar surface area (TPSA) is 115 Å². The number of hydrogen-bond acceptors (Lipinski definition) is 6. The van der Waals surface area contributed by atoms with E-state index in [0.717, 1.165) is 11.4 Å². The fraction of sp³-hybridized carbons (Fsp3) is 0.100. The molecule has 4 rings (SSSR count). The molecule has 0 amide bonds. The molecule has 2 heterocycles. The van der Waals surface area contributed by atoms with E-state index in [-0.39, 0.29) is 0 Å². The highest BCUT2D eigenvalue weighted by Gasteiger charge is 1.98. The number of rotatable bonds is 0. The van der Waals surface area contributed by atoms with Crippen LogP contribution in [0.15, 0.2) is 73.1 Å². The molecule has 27 heavy (non-hydrogen) atoms. The average Bonchev–Trinajstić information content (AvgIpc) is 2.60. The fourth-order valence-corrected chi connectivity index (χ4v) is 2.39. The van der Waals surface area contributed by atoms with Gasteiger partial charge < -0.3 is 0 Å². The Morgan fingerprint density at radius 3 is 1.30 bits per heavy atom. The Hall–Kier alpha value is -2.61. The minimum atomic E-state index is -4.69. The lowest BCUT2D eigenvalue weighted by Crippen LogP contribution is -2.58. The van der Waals surface area contributed by atoms with E-state index in [2.05, 4.69) is 46.4 Å². The Balaban J connectivity index is 0.000000157. The molecule has 0 bridgehead atoms. The van der Waals surface area contributed by atoms with Gasteiger partial charge in [0, 0.05) is 34.6 Å². The van der Waals surface area contributed by atoms with Crippen molar-refractivity contribution in [2.45, 2.75) is 13.8 Å². The third kappa shape index (κ3) is 7.65. The van der Waals surface area contributed by atoms with Crippen LogP contribution in [0.5, 0.6) is 0 Å². The number of halogens is 1. The molecule has 0 aliphatic carbocycles. The fourth-order valence-electron chi connectivity index (χ4n) is 2.39. The maximum Gasteiger partial charge on any atom is 0.0777 e. The molecular weight excluding hydrogens is 368 g/mol. The number of aryl methyl sites for hydroxylation is 2. The van der Waals surface area contributed by atoms with E-state index in [4.69, 9.17) is 18.6 Å². The lowest BCUT2D eigenvalue weighted by molar-refractivity contribution is -1.92. The van der Waals surface area contributed by atoms with E-state index < -0.39 is 10.2 Å². The second-order valence-electron chi connectivity index (χ2n) is 5.74. The molecule has 4 aromatic rings. The molecule has 7 heteroatoms. The first kappa shape index (κ1) is 20.7. The van der Waals surface area contributed by atoms with Crippen molar-refractivity contribution >= 4 is 21.5 Å². The first-order valence-electron chi connectivity index (χ1n) is 7.98. The van der Waals surface area contributed by atoms with Gasteiger partial charge in [-0.15, -0.1) is 0 Å². The molecule has 2 aromatic heterocycles. The zero-order chi connectivity index (χ0) is 19.9. The minimum Gasteiger partial charge on any atom is -0.261 e. The molecule has 0 aliphatic rings. The van der Waals surface area contributed by atoms with Crippen molar-refractivity contribution < 1.29 is 28.9 Å². The van der Waals surface area contributed by atoms with Crippen molar-refractivity contribution in [1.82, 2.24) is 9.97 Å². The van der Waals surface area contributed by atoms with Crippen molar-refractivity contribution in [3.63, 3.8) is 0 Å². The Kier molecular flexibility index (Phi) is 7.18. The maximum absolute atomic E-state index is 8.60. The van der Waals surface area contributed by atoms with Crippen LogP contribution in [0.2, 0.25) is 0 Å². The standard InChI is InChI=1S/2C10H9N.ClHO4/c2*1-8-6-9-4-2-3-5-10(9)7-11-8;2-1(3,4)5/h2*2-7H,1H3;(H,2,3,4,5). The molecule has 0 spiro atoms. The molecule has 6 nitrogen and oxygen atoms in total. The van der Waals surface area contributed by atoms with Crippen molar-refractivity contribution in [1.29, 1.82) is 0 Å². The van der Waals surface area contributed by atoms with Gasteiger partial charge in [-0.1, -0.05) is 48.5 Å². The van der Waals surface area contributed by atoms with Crippen LogP contribution in [0.4, 0.5) is 0 Å². The molecule has 140 valence electrons. The minimum absolute atomic E-state index is 1.07. The highest BCUT2D eigenvalue weighted by atomic mass is 35.7. The Morgan fingerprint density at radius 1 is 0.667 bits per heavy atom. The van der Waals surface area contributed by atoms with Gasteiger partial charge in [0.2, 0.25) is 0 Å². The van der Waals surface area contributed by atoms with E-state index in [1.165, 1.54) is 21.5 Å². The molecule has 1 N–H and O–H groups in total. The molecule has 0 fully saturated rings. The number of fused-ring (bicyclic) bond motifs is 2. The zero-order valence-corrected chi connectivity index (χ0v) is 15.6. The predicted molar refractivity (Wildman–Crippen MR) is 95.2 cm³/mol. The summed E-state index contributed by atoms with van der Waals surface area (Å²) in [5, 5.41) is 4.94. The summed E-state index contributed by atoms with van der Waals surface area (Å²) in [5.74, 6) is 0. The van der Waals surface area contributed by atoms with Crippen LogP contribution < -0.4 is 14.0 Å². The lowest BCUT2D eigenvalue weighted by atomic mass is 10.1. The van der Waals surface area contributed by atoms with Crippen molar-refractivity contribution in [2.24, 2.45) is 0 Å². The highest BCUT2D eigenvalue weighted by Crippen LogP contribution is 2.13. The van der Waals surface area contributed by atoms with Crippen LogP contribution in [0.1, 0.15) is 11.4 Å². The quantitative estimate of drug-likeness (QED) is 0.481. The monoisotopic (exact) mass is 386 g/mol. The SMILES string of the molecule is Cc1cc2ccccc2cn1.Cc1cc2ccccc2cn1.[O-][Cl+3]([O-])([O-])O. The van der Waals surface area contributed by atoms with Gasteiger partial charge in [0.1, 0.15) is 0 Å². The van der Waals surface area contributed by atoms with E-state index in [1.54, 1.807) is 0 Å². The largest absolute Gasteiger partial charge is 0.261 e. The van der Waals surface area contributed by atoms with Crippen LogP contribution >= 0.6 is 0 Å². The van der Waals surface area contributed by atoms with E-state index in [1.807, 2.05) is 50.5 Å². The summed E-state index contributed by atoms with van der Waals surface area (Å²) in [7, 11) is -4.69. The predicted octanol–water partition coefficient (Wildman–Crippen LogP) is 0.962. The van der Waals surface area contributed by atoms with Gasteiger partial charge in [0.05, 0.1) is 14.9 Å². The first-order chi connectivity index (χ1) is 12.7. The maximum atomic E-state index is 8.60. The molecule has 0 saturated heterocycles. The van der Waals surface area contributed by atoms with Gasteiger partial charge in [-0.3, -0.25) is 9.97 Å². The van der Waals surface area contributed by atoms with Crippen LogP contribution in [0, 0.1) is 24.1 Å². The van der Waals surface area contributed by atoms with Gasteiger partial charge in [0.25, 0.3) is 0 Å². The molecule has 0 aliphatic heterocycles. The summed E-state index contributed by atoms with van der Waals surface area (Å²) < 4.78 is 32.7. The van der Waals surface area contributed by atoms with Crippen LogP contribution in [-0.2, 0) is 0 Å². The number of nitrogens with zero attached hydrogens (tertiary/aromatic N) is 2. The second kappa shape index (κ2) is 9.36. The summed E-state index contributed by atoms with van der Waals surface area (Å²) in [6.07, 6.45) is 3.81. The number of hydrogen-bond donors (Lipinski definition) is 1. The Labute approximate surface area is 159 Å². The van der Waals surface area contributed by atoms with Gasteiger partial charge in [-0.25, -0.2) is 0 Å². The van der Waals surface area contributed by atoms with Crippen LogP contribution in [0.25, 0.3) is 21.5 Å². The van der Waals surface area contributed by atoms with E-state index >= 15 is 0 Å². The number of aromatic nitrogens is 2. The summed E-state index contributed by atoms with van der Waals surface area (Å²) in [6, 6.07) is 20.7. The third-order valence-corrected chi connectivity index (χ3v) is 3.54. The summed E-state index contributed by atoms with van der Waals surface area (Å²) >= 11 is 0. The Morgan fingerprint density at radius 2 is 0.963 bits per heavy atom. The lowest BCUT2D eigenvalue weighted by Gasteiger charge is -2.03. The zero-order valence-electron chi connectivity index (χ0n) is 14.9. The van der Waals surface area contributed by atoms with Gasteiger partial charge in [-0.05, 0) is 36.8 Å². The van der Waals surface area contributed by atoms with Crippen molar-refractivity contribution in [3.8, 4) is 0 Å². The molecule has 0 saturated carbocycles. The molecule has 0 unspecified atom stereocenters. The van der Waals surface area contributed by atoms with E-state index in [9.17, 15) is 0 Å². The summed E-state index contributed by atoms with van der Waals surface area (Å²) in [5.41, 5.74) is 2.15. The molecule has 0 radical (unpaired) electrons. The summed E-state index contributed by atoms with van der Waals surface area (Å²) in [6.45, 7) is 4.01. The molecule has 0 atom stereocenters. The molecule has 2 aromatic carbocycles. The van der Waals surface area contributed by atoms with Crippen molar-refractivity contribution in [2.75, 3.05) is 0 Å². The van der Waals surface area contributed by atoms with Gasteiger partial charge >= 0.3 is 0 Å². The van der Waals surface area contributed by atoms with E-state index in [0.29, 0.717) is 0 Å². The number of pyridine rings is 2. The van der Waals surface area contributed by atoms with Crippen molar-refractivity contribution in [3.05, 3.63) is 84.4 Å². The first-order valence-corrected chi connectivity index (χ1v) is 9.25. The molecular formula is C20H19ClN2O4. The Bertz CT molecular complexity index is 936. The second-order valence-corrected chi connectivity index (χ2v) is 6.53.